The number of carbonyl (C=O) groups excluding carboxylic acids is 2. The molecule has 4 rings (SSSR count). The number of halogens is 1. The molecule has 1 aliphatic heterocycles. The number of ether oxygens (including phenoxy) is 1. The zero-order valence-corrected chi connectivity index (χ0v) is 19.2. The first kappa shape index (κ1) is 21.9. The molecule has 0 bridgehead atoms. The van der Waals surface area contributed by atoms with Gasteiger partial charge in [-0.1, -0.05) is 19.4 Å². The molecule has 2 amide bonds. The first-order valence-electron chi connectivity index (χ1n) is 10.4. The molecule has 0 aliphatic carbocycles. The van der Waals surface area contributed by atoms with Crippen LogP contribution in [0.3, 0.4) is 0 Å². The number of benzene rings is 1. The number of carbonyl (C=O) groups is 2. The number of methoxy groups -OCH3 is 1. The summed E-state index contributed by atoms with van der Waals surface area (Å²) in [6.45, 7) is 3.36. The standard InChI is InChI=1S/C23H25FN2O3S2/c1-3-5-17(23(28)26-10-8-18-14(12-26)9-11-30-18)25-22(27)21-15(13-29-2)20-16(24)6-4-7-19(20)31-21/h4,6-7,9,11,17H,3,5,8,10,12-13H2,1-2H3,(H,25,27). The number of nitrogens with one attached hydrogen (secondary N) is 1. The van der Waals surface area contributed by atoms with Crippen LogP contribution in [-0.2, 0) is 29.1 Å². The minimum Gasteiger partial charge on any atom is -0.380 e. The fourth-order valence-electron chi connectivity index (χ4n) is 4.06. The van der Waals surface area contributed by atoms with E-state index in [1.807, 2.05) is 11.8 Å². The largest absolute Gasteiger partial charge is 0.380 e. The Kier molecular flexibility index (Phi) is 6.69. The van der Waals surface area contributed by atoms with Crippen LogP contribution in [0.1, 0.15) is 45.4 Å². The first-order valence-corrected chi connectivity index (χ1v) is 12.1. The van der Waals surface area contributed by atoms with Gasteiger partial charge in [-0.25, -0.2) is 4.39 Å². The van der Waals surface area contributed by atoms with Gasteiger partial charge in [-0.05, 0) is 42.0 Å². The number of rotatable bonds is 7. The Morgan fingerprint density at radius 3 is 2.94 bits per heavy atom. The van der Waals surface area contributed by atoms with E-state index >= 15 is 0 Å². The van der Waals surface area contributed by atoms with Crippen molar-refractivity contribution in [3.05, 3.63) is 56.3 Å². The van der Waals surface area contributed by atoms with Gasteiger partial charge < -0.3 is 15.0 Å². The lowest BCUT2D eigenvalue weighted by molar-refractivity contribution is -0.134. The second-order valence-corrected chi connectivity index (χ2v) is 9.70. The topological polar surface area (TPSA) is 58.6 Å². The van der Waals surface area contributed by atoms with Crippen LogP contribution in [0.4, 0.5) is 4.39 Å². The van der Waals surface area contributed by atoms with Crippen molar-refractivity contribution >= 4 is 44.6 Å². The highest BCUT2D eigenvalue weighted by Crippen LogP contribution is 2.34. The van der Waals surface area contributed by atoms with E-state index in [4.69, 9.17) is 4.74 Å². The lowest BCUT2D eigenvalue weighted by atomic mass is 10.1. The number of thiophene rings is 2. The van der Waals surface area contributed by atoms with Crippen molar-refractivity contribution < 1.29 is 18.7 Å². The van der Waals surface area contributed by atoms with Crippen LogP contribution >= 0.6 is 22.7 Å². The van der Waals surface area contributed by atoms with Crippen LogP contribution in [0, 0.1) is 5.82 Å². The van der Waals surface area contributed by atoms with Crippen LogP contribution in [-0.4, -0.2) is 36.4 Å². The molecular weight excluding hydrogens is 435 g/mol. The highest BCUT2D eigenvalue weighted by Gasteiger charge is 2.30. The monoisotopic (exact) mass is 460 g/mol. The van der Waals surface area contributed by atoms with Crippen LogP contribution in [0.2, 0.25) is 0 Å². The molecule has 0 spiro atoms. The van der Waals surface area contributed by atoms with Crippen molar-refractivity contribution in [2.45, 2.75) is 45.4 Å². The normalized spacial score (nSPS) is 14.5. The van der Waals surface area contributed by atoms with Crippen molar-refractivity contribution in [2.24, 2.45) is 0 Å². The molecule has 5 nitrogen and oxygen atoms in total. The van der Waals surface area contributed by atoms with Crippen molar-refractivity contribution in [2.75, 3.05) is 13.7 Å². The molecule has 0 fully saturated rings. The molecular formula is C23H25FN2O3S2. The molecule has 164 valence electrons. The van der Waals surface area contributed by atoms with Crippen LogP contribution in [0.15, 0.2) is 29.6 Å². The quantitative estimate of drug-likeness (QED) is 0.555. The third-order valence-electron chi connectivity index (χ3n) is 5.56. The summed E-state index contributed by atoms with van der Waals surface area (Å²) in [7, 11) is 1.52. The van der Waals surface area contributed by atoms with Gasteiger partial charge in [-0.3, -0.25) is 9.59 Å². The molecule has 1 aromatic carbocycles. The van der Waals surface area contributed by atoms with Crippen LogP contribution in [0.5, 0.6) is 0 Å². The second kappa shape index (κ2) is 9.46. The Bertz CT molecular complexity index is 1110. The third-order valence-corrected chi connectivity index (χ3v) is 7.78. The minimum absolute atomic E-state index is 0.0624. The van der Waals surface area contributed by atoms with Gasteiger partial charge in [-0.15, -0.1) is 22.7 Å². The molecule has 1 atom stereocenters. The fourth-order valence-corrected chi connectivity index (χ4v) is 6.07. The Morgan fingerprint density at radius 1 is 1.32 bits per heavy atom. The smallest absolute Gasteiger partial charge is 0.262 e. The molecule has 1 unspecified atom stereocenters. The predicted octanol–water partition coefficient (Wildman–Crippen LogP) is 4.73. The van der Waals surface area contributed by atoms with E-state index < -0.39 is 6.04 Å². The van der Waals surface area contributed by atoms with E-state index in [0.717, 1.165) is 12.8 Å². The summed E-state index contributed by atoms with van der Waals surface area (Å²) in [6.07, 6.45) is 2.16. The fraction of sp³-hybridized carbons (Fsp3) is 0.391. The van der Waals surface area contributed by atoms with Crippen molar-refractivity contribution in [1.29, 1.82) is 0 Å². The van der Waals surface area contributed by atoms with Crippen LogP contribution < -0.4 is 5.32 Å². The summed E-state index contributed by atoms with van der Waals surface area (Å²) in [5.41, 5.74) is 1.72. The Labute approximate surface area is 188 Å². The van der Waals surface area contributed by atoms with E-state index in [-0.39, 0.29) is 24.2 Å². The Balaban J connectivity index is 1.57. The number of fused-ring (bicyclic) bond motifs is 2. The lowest BCUT2D eigenvalue weighted by Crippen LogP contribution is -2.49. The van der Waals surface area contributed by atoms with Gasteiger partial charge in [-0.2, -0.15) is 0 Å². The summed E-state index contributed by atoms with van der Waals surface area (Å²) in [6, 6.07) is 6.26. The van der Waals surface area contributed by atoms with Gasteiger partial charge in [0.15, 0.2) is 0 Å². The van der Waals surface area contributed by atoms with Crippen molar-refractivity contribution in [3.63, 3.8) is 0 Å². The first-order chi connectivity index (χ1) is 15.0. The van der Waals surface area contributed by atoms with E-state index in [0.29, 0.717) is 40.0 Å². The van der Waals surface area contributed by atoms with E-state index in [9.17, 15) is 14.0 Å². The summed E-state index contributed by atoms with van der Waals surface area (Å²) < 4.78 is 20.4. The van der Waals surface area contributed by atoms with E-state index in [1.54, 1.807) is 23.5 Å². The van der Waals surface area contributed by atoms with E-state index in [1.165, 1.54) is 35.0 Å². The number of amides is 2. The minimum atomic E-state index is -0.608. The van der Waals surface area contributed by atoms with Gasteiger partial charge in [0, 0.05) is 40.7 Å². The van der Waals surface area contributed by atoms with Gasteiger partial charge in [0.05, 0.1) is 11.5 Å². The van der Waals surface area contributed by atoms with Gasteiger partial charge in [0.2, 0.25) is 5.91 Å². The summed E-state index contributed by atoms with van der Waals surface area (Å²) in [5.74, 6) is -0.791. The summed E-state index contributed by atoms with van der Waals surface area (Å²) in [4.78, 5) is 30.0. The maximum absolute atomic E-state index is 14.5. The molecule has 0 saturated heterocycles. The highest BCUT2D eigenvalue weighted by atomic mass is 32.1. The molecule has 0 radical (unpaired) electrons. The number of hydrogen-bond donors (Lipinski definition) is 1. The zero-order chi connectivity index (χ0) is 22.0. The predicted molar refractivity (Wildman–Crippen MR) is 122 cm³/mol. The summed E-state index contributed by atoms with van der Waals surface area (Å²) >= 11 is 2.96. The highest BCUT2D eigenvalue weighted by molar-refractivity contribution is 7.21. The molecule has 0 saturated carbocycles. The SMILES string of the molecule is CCCC(NC(=O)c1sc2cccc(F)c2c1COC)C(=O)N1CCc2sccc2C1. The maximum atomic E-state index is 14.5. The molecule has 3 heterocycles. The molecule has 8 heteroatoms. The molecule has 2 aromatic heterocycles. The van der Waals surface area contributed by atoms with Crippen molar-refractivity contribution in [3.8, 4) is 0 Å². The van der Waals surface area contributed by atoms with Gasteiger partial charge in [0.25, 0.3) is 5.91 Å². The lowest BCUT2D eigenvalue weighted by Gasteiger charge is -2.30. The Hall–Kier alpha value is -2.29. The van der Waals surface area contributed by atoms with Gasteiger partial charge in [0.1, 0.15) is 11.9 Å². The van der Waals surface area contributed by atoms with E-state index in [2.05, 4.69) is 16.8 Å². The zero-order valence-electron chi connectivity index (χ0n) is 17.6. The molecule has 1 aliphatic rings. The number of nitrogens with zero attached hydrogens (tertiary/aromatic N) is 1. The second-order valence-electron chi connectivity index (χ2n) is 7.65. The van der Waals surface area contributed by atoms with Crippen molar-refractivity contribution in [1.82, 2.24) is 10.2 Å². The molecule has 1 N–H and O–H groups in total. The number of hydrogen-bond acceptors (Lipinski definition) is 5. The average molecular weight is 461 g/mol. The maximum Gasteiger partial charge on any atom is 0.262 e. The Morgan fingerprint density at radius 2 is 2.16 bits per heavy atom. The van der Waals surface area contributed by atoms with Gasteiger partial charge >= 0.3 is 0 Å². The third kappa shape index (κ3) is 4.37. The molecule has 31 heavy (non-hydrogen) atoms. The average Bonchev–Trinajstić information content (AvgIpc) is 3.38. The van der Waals surface area contributed by atoms with Crippen LogP contribution in [0.25, 0.3) is 10.1 Å². The molecule has 3 aromatic rings. The summed E-state index contributed by atoms with van der Waals surface area (Å²) in [5, 5.41) is 5.41.